The van der Waals surface area contributed by atoms with Gasteiger partial charge < -0.3 is 4.42 Å². The van der Waals surface area contributed by atoms with Crippen molar-refractivity contribution >= 4 is 21.9 Å². The minimum absolute atomic E-state index is 0.00362. The maximum Gasteiger partial charge on any atom is 0.144 e. The van der Waals surface area contributed by atoms with Crippen LogP contribution < -0.4 is 0 Å². The van der Waals surface area contributed by atoms with E-state index in [1.54, 1.807) is 32.3 Å². The lowest BCUT2D eigenvalue weighted by Gasteiger charge is -2.06. The van der Waals surface area contributed by atoms with Crippen LogP contribution in [0.15, 0.2) is 59.4 Å². The van der Waals surface area contributed by atoms with Crippen LogP contribution in [0.2, 0.25) is 0 Å². The van der Waals surface area contributed by atoms with Crippen LogP contribution in [-0.4, -0.2) is 9.97 Å². The van der Waals surface area contributed by atoms with Gasteiger partial charge in [0.05, 0.1) is 8.44 Å². The van der Waals surface area contributed by atoms with Crippen LogP contribution in [0.3, 0.4) is 0 Å². The highest BCUT2D eigenvalue weighted by molar-refractivity contribution is 6.08. The van der Waals surface area contributed by atoms with Crippen molar-refractivity contribution in [3.63, 3.8) is 0 Å². The van der Waals surface area contributed by atoms with Crippen LogP contribution in [0.4, 0.5) is 0 Å². The van der Waals surface area contributed by atoms with Crippen molar-refractivity contribution in [2.24, 2.45) is 0 Å². The lowest BCUT2D eigenvalue weighted by atomic mass is 10.0. The Bertz CT molecular complexity index is 1110. The molecule has 0 aliphatic heterocycles. The van der Waals surface area contributed by atoms with Gasteiger partial charge in [-0.25, -0.2) is 0 Å². The zero-order chi connectivity index (χ0) is 17.8. The molecule has 3 nitrogen and oxygen atoms in total. The first-order valence-electron chi connectivity index (χ1n) is 8.60. The number of pyridine rings is 2. The minimum atomic E-state index is -0.977. The van der Waals surface area contributed by atoms with Gasteiger partial charge in [0.25, 0.3) is 0 Å². The van der Waals surface area contributed by atoms with Crippen LogP contribution >= 0.6 is 0 Å². The first-order chi connectivity index (χ1) is 11.9. The van der Waals surface area contributed by atoms with Crippen molar-refractivity contribution < 1.29 is 8.53 Å². The first kappa shape index (κ1) is 10.1. The van der Waals surface area contributed by atoms with Gasteiger partial charge in [-0.05, 0) is 29.6 Å². The Labute approximate surface area is 132 Å². The third-order valence-electron chi connectivity index (χ3n) is 3.73. The molecule has 3 heteroatoms. The topological polar surface area (TPSA) is 38.9 Å². The summed E-state index contributed by atoms with van der Waals surface area (Å²) in [5, 5.41) is 1.80. The molecule has 0 fully saturated rings. The highest BCUT2D eigenvalue weighted by Gasteiger charge is 2.12. The van der Waals surface area contributed by atoms with E-state index in [4.69, 9.17) is 8.53 Å². The summed E-state index contributed by atoms with van der Waals surface area (Å²) in [5.74, 6) is -0.977. The van der Waals surface area contributed by atoms with E-state index in [0.717, 1.165) is 16.4 Å². The summed E-state index contributed by atoms with van der Waals surface area (Å²) in [7, 11) is 0. The fourth-order valence-electron chi connectivity index (χ4n) is 2.54. The smallest absolute Gasteiger partial charge is 0.144 e. The standard InChI is InChI=1S/C19H16N2O/c1-12(2)13-6-7-17(21-10-13)15-5-3-4-14-16-11-20-9-8-18(16)22-19(14)15/h3-12H,1-2H3/i6D,7D,12D. The molecule has 1 aromatic carbocycles. The molecule has 0 aliphatic rings. The summed E-state index contributed by atoms with van der Waals surface area (Å²) >= 11 is 0. The highest BCUT2D eigenvalue weighted by atomic mass is 16.3. The van der Waals surface area contributed by atoms with E-state index in [1.165, 1.54) is 6.20 Å². The average molecular weight is 291 g/mol. The molecule has 4 aromatic rings. The van der Waals surface area contributed by atoms with Gasteiger partial charge in [0.1, 0.15) is 11.2 Å². The van der Waals surface area contributed by atoms with E-state index in [1.807, 2.05) is 18.2 Å². The van der Waals surface area contributed by atoms with Crippen LogP contribution in [0.5, 0.6) is 0 Å². The first-order valence-corrected chi connectivity index (χ1v) is 7.10. The van der Waals surface area contributed by atoms with E-state index in [0.29, 0.717) is 22.4 Å². The number of hydrogen-bond acceptors (Lipinski definition) is 3. The number of benzene rings is 1. The molecule has 0 saturated carbocycles. The Hall–Kier alpha value is -2.68. The van der Waals surface area contributed by atoms with Gasteiger partial charge >= 0.3 is 0 Å². The van der Waals surface area contributed by atoms with Crippen LogP contribution in [0, 0.1) is 0 Å². The minimum Gasteiger partial charge on any atom is -0.455 e. The van der Waals surface area contributed by atoms with Gasteiger partial charge in [-0.1, -0.05) is 32.0 Å². The Balaban J connectivity index is 2.01. The van der Waals surface area contributed by atoms with Crippen molar-refractivity contribution in [1.29, 1.82) is 0 Å². The van der Waals surface area contributed by atoms with Crippen LogP contribution in [-0.2, 0) is 0 Å². The summed E-state index contributed by atoms with van der Waals surface area (Å²) in [6.07, 6.45) is 4.94. The molecule has 3 aromatic heterocycles. The number of aromatic nitrogens is 2. The maximum atomic E-state index is 8.38. The van der Waals surface area contributed by atoms with Crippen molar-refractivity contribution in [3.05, 3.63) is 60.5 Å². The molecule has 22 heavy (non-hydrogen) atoms. The Morgan fingerprint density at radius 3 is 2.91 bits per heavy atom. The van der Waals surface area contributed by atoms with Gasteiger partial charge in [0.2, 0.25) is 0 Å². The second-order valence-corrected chi connectivity index (χ2v) is 5.43. The zero-order valence-corrected chi connectivity index (χ0v) is 12.3. The van der Waals surface area contributed by atoms with Crippen molar-refractivity contribution in [2.45, 2.75) is 19.7 Å². The normalized spacial score (nSPS) is 14.0. The molecule has 108 valence electrons. The number of hydrogen-bond donors (Lipinski definition) is 0. The van der Waals surface area contributed by atoms with Gasteiger partial charge in [0.15, 0.2) is 0 Å². The molecule has 0 atom stereocenters. The number of para-hydroxylation sites is 1. The van der Waals surface area contributed by atoms with Gasteiger partial charge in [-0.2, -0.15) is 0 Å². The number of fused-ring (bicyclic) bond motifs is 3. The number of rotatable bonds is 2. The van der Waals surface area contributed by atoms with Gasteiger partial charge in [-0.15, -0.1) is 0 Å². The molecule has 3 heterocycles. The molecule has 0 spiro atoms. The largest absolute Gasteiger partial charge is 0.455 e. The lowest BCUT2D eigenvalue weighted by Crippen LogP contribution is -1.90. The molecule has 0 saturated heterocycles. The van der Waals surface area contributed by atoms with E-state index in [2.05, 4.69) is 9.97 Å². The molecule has 0 bridgehead atoms. The monoisotopic (exact) mass is 291 g/mol. The van der Waals surface area contributed by atoms with E-state index in [9.17, 15) is 0 Å². The summed E-state index contributed by atoms with van der Waals surface area (Å²) < 4.78 is 30.7. The predicted octanol–water partition coefficient (Wildman–Crippen LogP) is 5.17. The molecule has 0 amide bonds. The number of nitrogens with zero attached hydrogens (tertiary/aromatic N) is 2. The molecular formula is C19H16N2O. The maximum absolute atomic E-state index is 8.38. The third-order valence-corrected chi connectivity index (χ3v) is 3.73. The second kappa shape index (κ2) is 4.95. The predicted molar refractivity (Wildman–Crippen MR) is 88.8 cm³/mol. The summed E-state index contributed by atoms with van der Waals surface area (Å²) in [4.78, 5) is 8.54. The summed E-state index contributed by atoms with van der Waals surface area (Å²) in [6, 6.07) is 7.49. The molecule has 0 N–H and O–H groups in total. The molecule has 0 radical (unpaired) electrons. The fraction of sp³-hybridized carbons (Fsp3) is 0.158. The quantitative estimate of drug-likeness (QED) is 0.511. The summed E-state index contributed by atoms with van der Waals surface area (Å²) in [6.45, 7) is 3.38. The summed E-state index contributed by atoms with van der Waals surface area (Å²) in [5.41, 5.74) is 2.84. The molecule has 4 rings (SSSR count). The Kier molecular flexibility index (Phi) is 2.28. The fourth-order valence-corrected chi connectivity index (χ4v) is 2.54. The van der Waals surface area contributed by atoms with Gasteiger partial charge in [0, 0.05) is 36.3 Å². The van der Waals surface area contributed by atoms with E-state index >= 15 is 0 Å². The molecule has 0 unspecified atom stereocenters. The van der Waals surface area contributed by atoms with Crippen molar-refractivity contribution in [3.8, 4) is 11.3 Å². The zero-order valence-electron chi connectivity index (χ0n) is 15.3. The molecular weight excluding hydrogens is 272 g/mol. The molecule has 0 aliphatic carbocycles. The second-order valence-electron chi connectivity index (χ2n) is 5.43. The Morgan fingerprint density at radius 2 is 2.05 bits per heavy atom. The van der Waals surface area contributed by atoms with Crippen LogP contribution in [0.1, 0.15) is 29.4 Å². The number of furan rings is 1. The van der Waals surface area contributed by atoms with Gasteiger partial charge in [-0.3, -0.25) is 9.97 Å². The SMILES string of the molecule is [2H]c1c(C([2H])(C)C)cnc(-c2cccc3c2oc2ccncc23)c1[2H]. The van der Waals surface area contributed by atoms with Crippen molar-refractivity contribution in [2.75, 3.05) is 0 Å². The Morgan fingerprint density at radius 1 is 1.14 bits per heavy atom. The average Bonchev–Trinajstić information content (AvgIpc) is 2.95. The third kappa shape index (κ3) is 1.98. The van der Waals surface area contributed by atoms with Crippen LogP contribution in [0.25, 0.3) is 33.2 Å². The lowest BCUT2D eigenvalue weighted by molar-refractivity contribution is 0.669. The van der Waals surface area contributed by atoms with E-state index < -0.39 is 5.89 Å². The highest BCUT2D eigenvalue weighted by Crippen LogP contribution is 2.34. The van der Waals surface area contributed by atoms with E-state index in [-0.39, 0.29) is 12.1 Å². The van der Waals surface area contributed by atoms with Crippen molar-refractivity contribution in [1.82, 2.24) is 9.97 Å².